The van der Waals surface area contributed by atoms with Crippen molar-refractivity contribution in [2.75, 3.05) is 5.32 Å². The minimum absolute atomic E-state index is 0.170. The van der Waals surface area contributed by atoms with Crippen molar-refractivity contribution < 1.29 is 13.2 Å². The minimum Gasteiger partial charge on any atom is -0.383 e. The maximum atomic E-state index is 12.6. The Balaban J connectivity index is 2.99. The zero-order chi connectivity index (χ0) is 12.3. The summed E-state index contributed by atoms with van der Waals surface area (Å²) in [4.78, 5) is 0. The molecule has 1 aromatic carbocycles. The molecule has 0 aliphatic carbocycles. The molecule has 1 aromatic rings. The van der Waals surface area contributed by atoms with E-state index < -0.39 is 11.7 Å². The molecule has 0 heterocycles. The molecule has 0 radical (unpaired) electrons. The highest BCUT2D eigenvalue weighted by Crippen LogP contribution is 2.33. The zero-order valence-corrected chi connectivity index (χ0v) is 9.65. The average Bonchev–Trinajstić information content (AvgIpc) is 2.19. The molecule has 90 valence electrons. The summed E-state index contributed by atoms with van der Waals surface area (Å²) in [6, 6.07) is 4.51. The Hall–Kier alpha value is -1.19. The van der Waals surface area contributed by atoms with Crippen molar-refractivity contribution >= 4 is 5.69 Å². The molecule has 0 fully saturated rings. The van der Waals surface area contributed by atoms with Crippen molar-refractivity contribution in [1.82, 2.24) is 0 Å². The van der Waals surface area contributed by atoms with Gasteiger partial charge in [-0.25, -0.2) is 0 Å². The van der Waals surface area contributed by atoms with Crippen LogP contribution in [-0.2, 0) is 6.18 Å². The van der Waals surface area contributed by atoms with Gasteiger partial charge in [-0.2, -0.15) is 13.2 Å². The van der Waals surface area contributed by atoms with Gasteiger partial charge >= 0.3 is 6.18 Å². The predicted octanol–water partition coefficient (Wildman–Crippen LogP) is 4.22. The average molecular weight is 231 g/mol. The minimum atomic E-state index is -4.28. The SMILES string of the molecule is CC[C@H](C)Nc1ccc(C)c(C(F)(F)F)c1. The molecule has 1 N–H and O–H groups in total. The molecule has 4 heteroatoms. The van der Waals surface area contributed by atoms with Crippen molar-refractivity contribution in [1.29, 1.82) is 0 Å². The van der Waals surface area contributed by atoms with Gasteiger partial charge in [-0.3, -0.25) is 0 Å². The van der Waals surface area contributed by atoms with Crippen molar-refractivity contribution in [3.63, 3.8) is 0 Å². The summed E-state index contributed by atoms with van der Waals surface area (Å²) in [5.41, 5.74) is 0.204. The van der Waals surface area contributed by atoms with E-state index in [-0.39, 0.29) is 11.6 Å². The van der Waals surface area contributed by atoms with E-state index in [4.69, 9.17) is 0 Å². The first-order valence-electron chi connectivity index (χ1n) is 5.29. The van der Waals surface area contributed by atoms with E-state index in [0.29, 0.717) is 5.69 Å². The number of aryl methyl sites for hydroxylation is 1. The van der Waals surface area contributed by atoms with Crippen LogP contribution in [0.5, 0.6) is 0 Å². The van der Waals surface area contributed by atoms with Gasteiger partial charge in [0.15, 0.2) is 0 Å². The van der Waals surface area contributed by atoms with Gasteiger partial charge in [0.1, 0.15) is 0 Å². The number of nitrogens with one attached hydrogen (secondary N) is 1. The molecule has 0 unspecified atom stereocenters. The van der Waals surface area contributed by atoms with Crippen LogP contribution in [0.25, 0.3) is 0 Å². The molecule has 1 nitrogen and oxygen atoms in total. The predicted molar refractivity (Wildman–Crippen MR) is 59.6 cm³/mol. The summed E-state index contributed by atoms with van der Waals surface area (Å²) < 4.78 is 37.9. The lowest BCUT2D eigenvalue weighted by atomic mass is 10.1. The highest BCUT2D eigenvalue weighted by atomic mass is 19.4. The Bertz CT molecular complexity index is 358. The van der Waals surface area contributed by atoms with Crippen LogP contribution in [0.15, 0.2) is 18.2 Å². The van der Waals surface area contributed by atoms with Crippen LogP contribution < -0.4 is 5.32 Å². The fourth-order valence-corrected chi connectivity index (χ4v) is 1.40. The second kappa shape index (κ2) is 4.76. The van der Waals surface area contributed by atoms with Crippen molar-refractivity contribution in [2.24, 2.45) is 0 Å². The third-order valence-corrected chi connectivity index (χ3v) is 2.57. The van der Waals surface area contributed by atoms with Crippen LogP contribution in [0.2, 0.25) is 0 Å². The summed E-state index contributed by atoms with van der Waals surface area (Å²) in [6.07, 6.45) is -3.41. The summed E-state index contributed by atoms with van der Waals surface area (Å²) in [6.45, 7) is 5.39. The molecule has 0 spiro atoms. The largest absolute Gasteiger partial charge is 0.416 e. The lowest BCUT2D eigenvalue weighted by Gasteiger charge is -2.16. The summed E-state index contributed by atoms with van der Waals surface area (Å²) in [5.74, 6) is 0. The third kappa shape index (κ3) is 3.15. The van der Waals surface area contributed by atoms with Crippen LogP contribution in [0.3, 0.4) is 0 Å². The fraction of sp³-hybridized carbons (Fsp3) is 0.500. The lowest BCUT2D eigenvalue weighted by Crippen LogP contribution is -2.15. The Morgan fingerprint density at radius 2 is 1.94 bits per heavy atom. The molecule has 0 bridgehead atoms. The summed E-state index contributed by atoms with van der Waals surface area (Å²) >= 11 is 0. The van der Waals surface area contributed by atoms with Crippen molar-refractivity contribution in [2.45, 2.75) is 39.4 Å². The van der Waals surface area contributed by atoms with E-state index in [1.807, 2.05) is 13.8 Å². The van der Waals surface area contributed by atoms with Crippen LogP contribution in [0.1, 0.15) is 31.4 Å². The van der Waals surface area contributed by atoms with Gasteiger partial charge in [0.05, 0.1) is 5.56 Å². The van der Waals surface area contributed by atoms with Gasteiger partial charge in [0, 0.05) is 11.7 Å². The number of benzene rings is 1. The smallest absolute Gasteiger partial charge is 0.383 e. The lowest BCUT2D eigenvalue weighted by molar-refractivity contribution is -0.138. The first kappa shape index (κ1) is 12.9. The molecular weight excluding hydrogens is 215 g/mol. The van der Waals surface area contributed by atoms with Gasteiger partial charge in [-0.05, 0) is 38.0 Å². The zero-order valence-electron chi connectivity index (χ0n) is 9.65. The van der Waals surface area contributed by atoms with Crippen LogP contribution in [-0.4, -0.2) is 6.04 Å². The van der Waals surface area contributed by atoms with E-state index in [0.717, 1.165) is 6.42 Å². The summed E-state index contributed by atoms with van der Waals surface area (Å²) in [5, 5.41) is 3.03. The third-order valence-electron chi connectivity index (χ3n) is 2.57. The van der Waals surface area contributed by atoms with Crippen molar-refractivity contribution in [3.8, 4) is 0 Å². The van der Waals surface area contributed by atoms with Gasteiger partial charge in [0.25, 0.3) is 0 Å². The standard InChI is InChI=1S/C12H16F3N/c1-4-9(3)16-10-6-5-8(2)11(7-10)12(13,14)15/h5-7,9,16H,4H2,1-3H3/t9-/m0/s1. The number of rotatable bonds is 3. The monoisotopic (exact) mass is 231 g/mol. The van der Waals surface area contributed by atoms with Gasteiger partial charge in [-0.15, -0.1) is 0 Å². The molecule has 0 aromatic heterocycles. The second-order valence-corrected chi connectivity index (χ2v) is 3.98. The molecule has 0 aliphatic heterocycles. The van der Waals surface area contributed by atoms with Gasteiger partial charge in [-0.1, -0.05) is 13.0 Å². The van der Waals surface area contributed by atoms with E-state index in [9.17, 15) is 13.2 Å². The Morgan fingerprint density at radius 3 is 2.44 bits per heavy atom. The molecule has 0 saturated carbocycles. The molecule has 0 amide bonds. The van der Waals surface area contributed by atoms with Crippen molar-refractivity contribution in [3.05, 3.63) is 29.3 Å². The summed E-state index contributed by atoms with van der Waals surface area (Å²) in [7, 11) is 0. The molecule has 1 rings (SSSR count). The molecule has 0 aliphatic rings. The molecule has 0 saturated heterocycles. The fourth-order valence-electron chi connectivity index (χ4n) is 1.40. The van der Waals surface area contributed by atoms with Crippen LogP contribution >= 0.6 is 0 Å². The Morgan fingerprint density at radius 1 is 1.31 bits per heavy atom. The first-order chi connectivity index (χ1) is 7.34. The molecular formula is C12H16F3N. The van der Waals surface area contributed by atoms with E-state index in [1.165, 1.54) is 19.1 Å². The topological polar surface area (TPSA) is 12.0 Å². The quantitative estimate of drug-likeness (QED) is 0.821. The number of hydrogen-bond acceptors (Lipinski definition) is 1. The first-order valence-corrected chi connectivity index (χ1v) is 5.29. The maximum absolute atomic E-state index is 12.6. The second-order valence-electron chi connectivity index (χ2n) is 3.98. The van der Waals surface area contributed by atoms with Crippen LogP contribution in [0.4, 0.5) is 18.9 Å². The molecule has 16 heavy (non-hydrogen) atoms. The highest BCUT2D eigenvalue weighted by molar-refractivity contribution is 5.49. The maximum Gasteiger partial charge on any atom is 0.416 e. The normalized spacial score (nSPS) is 13.6. The Labute approximate surface area is 93.7 Å². The number of anilines is 1. The van der Waals surface area contributed by atoms with Gasteiger partial charge < -0.3 is 5.32 Å². The Kier molecular flexibility index (Phi) is 3.83. The van der Waals surface area contributed by atoms with E-state index >= 15 is 0 Å². The van der Waals surface area contributed by atoms with Gasteiger partial charge in [0.2, 0.25) is 0 Å². The molecule has 1 atom stereocenters. The number of hydrogen-bond donors (Lipinski definition) is 1. The number of halogens is 3. The van der Waals surface area contributed by atoms with E-state index in [1.54, 1.807) is 6.07 Å². The number of alkyl halides is 3. The van der Waals surface area contributed by atoms with Crippen LogP contribution in [0, 0.1) is 6.92 Å². The van der Waals surface area contributed by atoms with E-state index in [2.05, 4.69) is 5.32 Å². The highest BCUT2D eigenvalue weighted by Gasteiger charge is 2.32.